The summed E-state index contributed by atoms with van der Waals surface area (Å²) in [6.45, 7) is 13.7. The van der Waals surface area contributed by atoms with Gasteiger partial charge < -0.3 is 0 Å². The van der Waals surface area contributed by atoms with E-state index >= 15 is 0 Å². The van der Waals surface area contributed by atoms with Gasteiger partial charge in [0.15, 0.2) is 0 Å². The Balaban J connectivity index is 1.81. The second-order valence-electron chi connectivity index (χ2n) is 14.4. The molecule has 0 aromatic heterocycles. The predicted molar refractivity (Wildman–Crippen MR) is 196 cm³/mol. The van der Waals surface area contributed by atoms with E-state index in [9.17, 15) is 0 Å². The third kappa shape index (κ3) is 5.51. The van der Waals surface area contributed by atoms with Crippen molar-refractivity contribution in [2.45, 2.75) is 59.7 Å². The van der Waals surface area contributed by atoms with Crippen LogP contribution in [0, 0.1) is 0 Å². The van der Waals surface area contributed by atoms with Crippen molar-refractivity contribution >= 4 is 52.3 Å². The Kier molecular flexibility index (Phi) is 8.45. The van der Waals surface area contributed by atoms with Gasteiger partial charge in [-0.25, -0.2) is 0 Å². The van der Waals surface area contributed by atoms with Gasteiger partial charge in [-0.05, 0) is 0 Å². The van der Waals surface area contributed by atoms with Gasteiger partial charge in [0, 0.05) is 0 Å². The predicted octanol–water partition coefficient (Wildman–Crippen LogP) is 13.1. The van der Waals surface area contributed by atoms with Crippen LogP contribution in [-0.2, 0) is 26.5 Å². The molecule has 0 heterocycles. The molecule has 5 heteroatoms. The van der Waals surface area contributed by atoms with Crippen LogP contribution in [0.3, 0.4) is 0 Å². The van der Waals surface area contributed by atoms with Gasteiger partial charge in [0.2, 0.25) is 0 Å². The molecule has 0 aliphatic heterocycles. The summed E-state index contributed by atoms with van der Waals surface area (Å²) in [7, 11) is 17.3. The first-order chi connectivity index (χ1) is 20.6. The van der Waals surface area contributed by atoms with E-state index in [1.54, 1.807) is 0 Å². The van der Waals surface area contributed by atoms with Crippen LogP contribution in [0.2, 0.25) is 3.67 Å². The van der Waals surface area contributed by atoms with Crippen LogP contribution >= 0.6 is 49.0 Å². The van der Waals surface area contributed by atoms with Crippen molar-refractivity contribution in [3.05, 3.63) is 152 Å². The summed E-state index contributed by atoms with van der Waals surface area (Å²) in [5, 5.41) is 0. The number of benzene rings is 4. The first-order valence-electron chi connectivity index (χ1n) is 15.2. The number of hydrogen-bond acceptors (Lipinski definition) is 0. The molecular weight excluding hydrogens is 878 g/mol. The maximum atomic E-state index is 8.66. The van der Waals surface area contributed by atoms with Crippen LogP contribution in [0.5, 0.6) is 0 Å². The molecular formula is C39H38Br2Cl2Hf. The Morgan fingerprint density at radius 3 is 1.34 bits per heavy atom. The Bertz CT molecular complexity index is 1770. The SMILES string of the molecule is CC(C)(C)c1ccc2c(c1)-c1cc(C(C)(C)C)ccc1[CH]2[Hf]([Cl])([Cl])(=[C](c1ccc(Br)cc1)c1ccc(Br)cc1)[CH]1C=CC=C1. The molecule has 44 heavy (non-hydrogen) atoms. The summed E-state index contributed by atoms with van der Waals surface area (Å²) in [4.78, 5) is 0. The summed E-state index contributed by atoms with van der Waals surface area (Å²) < 4.78 is 2.94. The van der Waals surface area contributed by atoms with E-state index in [0.717, 1.165) is 23.3 Å². The number of allylic oxidation sites excluding steroid dienone is 4. The molecule has 0 radical (unpaired) electrons. The van der Waals surface area contributed by atoms with Crippen molar-refractivity contribution in [3.8, 4) is 11.1 Å². The van der Waals surface area contributed by atoms with E-state index in [-0.39, 0.29) is 18.2 Å². The van der Waals surface area contributed by atoms with Crippen LogP contribution in [0.25, 0.3) is 11.1 Å². The molecule has 4 aromatic carbocycles. The molecule has 0 bridgehead atoms. The van der Waals surface area contributed by atoms with Gasteiger partial charge in [-0.1, -0.05) is 0 Å². The molecule has 0 saturated heterocycles. The number of rotatable bonds is 4. The topological polar surface area (TPSA) is 0 Å². The summed E-state index contributed by atoms with van der Waals surface area (Å²) in [6, 6.07) is 31.2. The zero-order chi connectivity index (χ0) is 31.7. The molecule has 0 amide bonds. The van der Waals surface area contributed by atoms with Crippen LogP contribution in [-0.4, -0.2) is 3.26 Å². The van der Waals surface area contributed by atoms with Crippen LogP contribution in [0.4, 0.5) is 0 Å². The van der Waals surface area contributed by atoms with E-state index in [4.69, 9.17) is 17.2 Å². The minimum absolute atomic E-state index is 0.0126. The normalized spacial score (nSPS) is 15.5. The first-order valence-corrected chi connectivity index (χ1v) is 31.6. The fourth-order valence-corrected chi connectivity index (χ4v) is 35.3. The molecule has 0 saturated carbocycles. The second kappa shape index (κ2) is 11.4. The van der Waals surface area contributed by atoms with Crippen molar-refractivity contribution in [2.24, 2.45) is 0 Å². The zero-order valence-corrected chi connectivity index (χ0v) is 34.3. The van der Waals surface area contributed by atoms with Gasteiger partial charge in [-0.3, -0.25) is 0 Å². The second-order valence-corrected chi connectivity index (χ2v) is 45.7. The van der Waals surface area contributed by atoms with E-state index in [1.165, 1.54) is 33.4 Å². The molecule has 226 valence electrons. The number of fused-ring (bicyclic) bond motifs is 3. The fraction of sp³-hybridized carbons (Fsp3) is 0.256. The quantitative estimate of drug-likeness (QED) is 0.179. The van der Waals surface area contributed by atoms with Crippen LogP contribution < -0.4 is 0 Å². The maximum absolute atomic E-state index is 8.66. The molecule has 0 unspecified atom stereocenters. The first kappa shape index (κ1) is 32.6. The molecule has 0 fully saturated rings. The van der Waals surface area contributed by atoms with Crippen molar-refractivity contribution < 1.29 is 15.7 Å². The minimum atomic E-state index is -5.51. The molecule has 0 spiro atoms. The summed E-state index contributed by atoms with van der Waals surface area (Å²) in [5.74, 6) is 0. The van der Waals surface area contributed by atoms with E-state index in [1.807, 2.05) is 0 Å². The zero-order valence-electron chi connectivity index (χ0n) is 26.1. The van der Waals surface area contributed by atoms with Gasteiger partial charge >= 0.3 is 290 Å². The molecule has 6 rings (SSSR count). The Morgan fingerprint density at radius 2 is 0.977 bits per heavy atom. The van der Waals surface area contributed by atoms with Gasteiger partial charge in [0.25, 0.3) is 0 Å². The van der Waals surface area contributed by atoms with Gasteiger partial charge in [0.1, 0.15) is 0 Å². The van der Waals surface area contributed by atoms with Crippen LogP contribution in [0.15, 0.2) is 118 Å². The average molecular weight is 916 g/mol. The van der Waals surface area contributed by atoms with Gasteiger partial charge in [-0.15, -0.1) is 0 Å². The summed E-state index contributed by atoms with van der Waals surface area (Å²) in [6.07, 6.45) is 8.73. The van der Waals surface area contributed by atoms with Crippen molar-refractivity contribution in [1.82, 2.24) is 0 Å². The Morgan fingerprint density at radius 1 is 0.591 bits per heavy atom. The molecule has 0 nitrogen and oxygen atoms in total. The van der Waals surface area contributed by atoms with E-state index in [0.29, 0.717) is 0 Å². The summed E-state index contributed by atoms with van der Waals surface area (Å²) >= 11 is 1.81. The number of halogens is 4. The molecule has 2 aliphatic carbocycles. The standard InChI is InChI=1S/C21H25.C13H8Br2.C5H5.2ClH.Hf/c1-20(2,3)16-9-7-14-11-15-8-10-17(21(4,5)6)13-19(15)18(14)12-16;14-12-5-1-10(2-6-12)9-11-3-7-13(15)8-4-11;1-2-4-5-3-1;;;/h7-13H,1-6H3;1-8H;1-5H;2*1H;/q;;;;;+2/p-2. The molecule has 2 aliphatic rings. The third-order valence-corrected chi connectivity index (χ3v) is 38.5. The third-order valence-electron chi connectivity index (χ3n) is 9.38. The molecule has 4 aromatic rings. The average Bonchev–Trinajstić information content (AvgIpc) is 3.62. The summed E-state index contributed by atoms with van der Waals surface area (Å²) in [5.41, 5.74) is 9.85. The van der Waals surface area contributed by atoms with Gasteiger partial charge in [0.05, 0.1) is 0 Å². The Labute approximate surface area is 287 Å². The van der Waals surface area contributed by atoms with Crippen molar-refractivity contribution in [2.75, 3.05) is 0 Å². The van der Waals surface area contributed by atoms with Crippen molar-refractivity contribution in [3.63, 3.8) is 0 Å². The van der Waals surface area contributed by atoms with E-state index in [2.05, 4.69) is 183 Å². The Hall–Kier alpha value is -1.36. The van der Waals surface area contributed by atoms with Gasteiger partial charge in [-0.2, -0.15) is 0 Å². The fourth-order valence-electron chi connectivity index (χ4n) is 6.99. The van der Waals surface area contributed by atoms with Crippen molar-refractivity contribution in [1.29, 1.82) is 0 Å². The number of hydrogen-bond donors (Lipinski definition) is 0. The molecule has 0 N–H and O–H groups in total. The molecule has 0 atom stereocenters. The van der Waals surface area contributed by atoms with Crippen LogP contribution in [0.1, 0.15) is 78.6 Å². The van der Waals surface area contributed by atoms with E-state index < -0.39 is 15.7 Å². The monoisotopic (exact) mass is 914 g/mol.